The molecule has 12 heteroatoms. The number of nitriles is 1. The fourth-order valence-corrected chi connectivity index (χ4v) is 4.80. The largest absolute Gasteiger partial charge is 0.469 e. The fourth-order valence-electron chi connectivity index (χ4n) is 3.48. The lowest BCUT2D eigenvalue weighted by atomic mass is 9.82. The molecule has 1 fully saturated rings. The van der Waals surface area contributed by atoms with Crippen LogP contribution in [-0.4, -0.2) is 42.1 Å². The highest BCUT2D eigenvalue weighted by molar-refractivity contribution is 8.04. The summed E-state index contributed by atoms with van der Waals surface area (Å²) in [6.45, 7) is 0. The van der Waals surface area contributed by atoms with Gasteiger partial charge in [-0.05, 0) is 17.7 Å². The van der Waals surface area contributed by atoms with Crippen LogP contribution in [0.15, 0.2) is 46.3 Å². The predicted molar refractivity (Wildman–Crippen MR) is 107 cm³/mol. The molecule has 1 aromatic rings. The Morgan fingerprint density at radius 2 is 1.94 bits per heavy atom. The Balaban J connectivity index is 2.18. The molecular formula is C20H17F3N4O4S. The summed E-state index contributed by atoms with van der Waals surface area (Å²) < 4.78 is 43.5. The Labute approximate surface area is 184 Å². The van der Waals surface area contributed by atoms with Crippen LogP contribution in [-0.2, 0) is 25.3 Å². The van der Waals surface area contributed by atoms with Crippen molar-refractivity contribution in [2.24, 2.45) is 5.73 Å². The molecule has 3 N–H and O–H groups in total. The molecule has 2 aliphatic heterocycles. The van der Waals surface area contributed by atoms with E-state index in [0.29, 0.717) is 0 Å². The zero-order chi connectivity index (χ0) is 23.8. The van der Waals surface area contributed by atoms with Crippen molar-refractivity contribution in [2.75, 3.05) is 14.2 Å². The maximum atomic E-state index is 13.0. The number of methoxy groups -OCH3 is 1. The third kappa shape index (κ3) is 3.91. The van der Waals surface area contributed by atoms with Gasteiger partial charge >= 0.3 is 12.1 Å². The number of hydrogen-bond donors (Lipinski definition) is 2. The summed E-state index contributed by atoms with van der Waals surface area (Å²) in [6.07, 6.45) is -4.85. The molecule has 2 atom stereocenters. The molecule has 0 bridgehead atoms. The second-order valence-corrected chi connectivity index (χ2v) is 8.01. The Morgan fingerprint density at radius 3 is 2.44 bits per heavy atom. The van der Waals surface area contributed by atoms with E-state index >= 15 is 0 Å². The van der Waals surface area contributed by atoms with Gasteiger partial charge in [0, 0.05) is 7.05 Å². The summed E-state index contributed by atoms with van der Waals surface area (Å²) in [5.41, 5.74) is 5.24. The number of benzene rings is 1. The molecule has 0 saturated carbocycles. The molecule has 8 nitrogen and oxygen atoms in total. The van der Waals surface area contributed by atoms with Crippen molar-refractivity contribution in [3.8, 4) is 6.07 Å². The molecule has 2 heterocycles. The van der Waals surface area contributed by atoms with Crippen LogP contribution >= 0.6 is 11.8 Å². The number of nitrogens with one attached hydrogen (secondary N) is 1. The van der Waals surface area contributed by atoms with E-state index in [1.165, 1.54) is 7.05 Å². The van der Waals surface area contributed by atoms with Crippen LogP contribution in [0.5, 0.6) is 0 Å². The summed E-state index contributed by atoms with van der Waals surface area (Å²) in [5, 5.41) is 11.4. The zero-order valence-corrected chi connectivity index (χ0v) is 17.6. The molecule has 0 aromatic heterocycles. The molecule has 2 amide bonds. The molecule has 168 valence electrons. The minimum absolute atomic E-state index is 0.0243. The number of amides is 2. The van der Waals surface area contributed by atoms with Crippen molar-refractivity contribution >= 4 is 29.5 Å². The molecular weight excluding hydrogens is 449 g/mol. The number of esters is 1. The quantitative estimate of drug-likeness (QED) is 0.650. The van der Waals surface area contributed by atoms with Crippen molar-refractivity contribution in [1.82, 2.24) is 10.2 Å². The van der Waals surface area contributed by atoms with E-state index in [1.807, 2.05) is 6.07 Å². The number of halogens is 3. The topological polar surface area (TPSA) is 126 Å². The van der Waals surface area contributed by atoms with Crippen LogP contribution in [0.4, 0.5) is 13.2 Å². The summed E-state index contributed by atoms with van der Waals surface area (Å²) in [4.78, 5) is 38.4. The average molecular weight is 466 g/mol. The molecule has 0 spiro atoms. The SMILES string of the molecule is CNC(=O)C1=C2SC(CC(=O)OC)C(=O)N2C(N)=C(C#N)C1c1ccc(C(F)(F)F)cc1. The zero-order valence-electron chi connectivity index (χ0n) is 16.8. The van der Waals surface area contributed by atoms with Gasteiger partial charge in [0.05, 0.1) is 47.3 Å². The van der Waals surface area contributed by atoms with Gasteiger partial charge in [-0.2, -0.15) is 18.4 Å². The lowest BCUT2D eigenvalue weighted by Gasteiger charge is -2.32. The van der Waals surface area contributed by atoms with Gasteiger partial charge in [-0.3, -0.25) is 19.3 Å². The normalized spacial score (nSPS) is 20.8. The highest BCUT2D eigenvalue weighted by Crippen LogP contribution is 2.50. The van der Waals surface area contributed by atoms with Gasteiger partial charge in [0.1, 0.15) is 11.1 Å². The lowest BCUT2D eigenvalue weighted by Crippen LogP contribution is -2.39. The molecule has 1 aromatic carbocycles. The van der Waals surface area contributed by atoms with Gasteiger partial charge in [0.15, 0.2) is 0 Å². The highest BCUT2D eigenvalue weighted by atomic mass is 32.2. The predicted octanol–water partition coefficient (Wildman–Crippen LogP) is 1.96. The van der Waals surface area contributed by atoms with Crippen molar-refractivity contribution in [1.29, 1.82) is 5.26 Å². The van der Waals surface area contributed by atoms with Crippen molar-refractivity contribution in [3.63, 3.8) is 0 Å². The Bertz CT molecular complexity index is 1090. The van der Waals surface area contributed by atoms with E-state index in [2.05, 4.69) is 10.1 Å². The number of hydrogen-bond acceptors (Lipinski definition) is 7. The Morgan fingerprint density at radius 1 is 1.31 bits per heavy atom. The van der Waals surface area contributed by atoms with Crippen LogP contribution < -0.4 is 11.1 Å². The summed E-state index contributed by atoms with van der Waals surface area (Å²) in [7, 11) is 2.50. The molecule has 3 rings (SSSR count). The maximum Gasteiger partial charge on any atom is 0.416 e. The van der Waals surface area contributed by atoms with Crippen LogP contribution in [0.3, 0.4) is 0 Å². The third-order valence-electron chi connectivity index (χ3n) is 5.02. The molecule has 1 saturated heterocycles. The number of carbonyl (C=O) groups is 3. The summed E-state index contributed by atoms with van der Waals surface area (Å²) in [6, 6.07) is 5.87. The van der Waals surface area contributed by atoms with E-state index in [1.54, 1.807) is 0 Å². The second-order valence-electron chi connectivity index (χ2n) is 6.82. The number of fused-ring (bicyclic) bond motifs is 1. The lowest BCUT2D eigenvalue weighted by molar-refractivity contribution is -0.142. The number of likely N-dealkylation sites (N-methyl/N-ethyl adjacent to an activating group) is 1. The maximum absolute atomic E-state index is 13.0. The number of carbonyl (C=O) groups excluding carboxylic acids is 3. The number of allylic oxidation sites excluding steroid dienone is 1. The third-order valence-corrected chi connectivity index (χ3v) is 6.30. The standard InChI is InChI=1S/C20H17F3N4O4S/c1-26-17(29)15-14(9-3-5-10(6-4-9)20(21,22)23)11(8-24)16(25)27-18(30)12(32-19(15)27)7-13(28)31-2/h3-6,12,14H,7,25H2,1-2H3,(H,26,29). The van der Waals surface area contributed by atoms with Crippen LogP contribution in [0, 0.1) is 11.3 Å². The van der Waals surface area contributed by atoms with E-state index in [-0.39, 0.29) is 34.0 Å². The number of alkyl halides is 3. The van der Waals surface area contributed by atoms with E-state index < -0.39 is 40.7 Å². The van der Waals surface area contributed by atoms with Gasteiger partial charge < -0.3 is 15.8 Å². The molecule has 0 aliphatic carbocycles. The number of thioether (sulfide) groups is 1. The van der Waals surface area contributed by atoms with Crippen LogP contribution in [0.2, 0.25) is 0 Å². The number of rotatable bonds is 4. The molecule has 2 aliphatic rings. The second kappa shape index (κ2) is 8.58. The first-order valence-corrected chi connectivity index (χ1v) is 10.0. The highest BCUT2D eigenvalue weighted by Gasteiger charge is 2.48. The van der Waals surface area contributed by atoms with Gasteiger partial charge in [0.25, 0.3) is 5.91 Å². The van der Waals surface area contributed by atoms with Gasteiger partial charge in [-0.25, -0.2) is 0 Å². The van der Waals surface area contributed by atoms with Crippen molar-refractivity contribution < 1.29 is 32.3 Å². The average Bonchev–Trinajstić information content (AvgIpc) is 3.08. The number of nitrogens with two attached hydrogens (primary N) is 1. The first-order chi connectivity index (χ1) is 15.0. The Kier molecular flexibility index (Phi) is 6.23. The van der Waals surface area contributed by atoms with E-state index in [9.17, 15) is 32.8 Å². The minimum Gasteiger partial charge on any atom is -0.469 e. The Hall–Kier alpha value is -3.46. The minimum atomic E-state index is -4.56. The number of nitrogens with zero attached hydrogens (tertiary/aromatic N) is 2. The van der Waals surface area contributed by atoms with Gasteiger partial charge in [0.2, 0.25) is 5.91 Å². The van der Waals surface area contributed by atoms with Crippen LogP contribution in [0.25, 0.3) is 0 Å². The van der Waals surface area contributed by atoms with Crippen molar-refractivity contribution in [3.05, 3.63) is 57.4 Å². The fraction of sp³-hybridized carbons (Fsp3) is 0.300. The van der Waals surface area contributed by atoms with E-state index in [4.69, 9.17) is 5.73 Å². The van der Waals surface area contributed by atoms with E-state index in [0.717, 1.165) is 48.0 Å². The monoisotopic (exact) mass is 466 g/mol. The molecule has 0 radical (unpaired) electrons. The van der Waals surface area contributed by atoms with Crippen LogP contribution in [0.1, 0.15) is 23.5 Å². The molecule has 2 unspecified atom stereocenters. The smallest absolute Gasteiger partial charge is 0.416 e. The van der Waals surface area contributed by atoms with Gasteiger partial charge in [-0.1, -0.05) is 23.9 Å². The van der Waals surface area contributed by atoms with Gasteiger partial charge in [-0.15, -0.1) is 0 Å². The number of ether oxygens (including phenoxy) is 1. The first kappa shape index (κ1) is 23.2. The van der Waals surface area contributed by atoms with Crippen molar-refractivity contribution in [2.45, 2.75) is 23.8 Å². The first-order valence-electron chi connectivity index (χ1n) is 9.15. The summed E-state index contributed by atoms with van der Waals surface area (Å²) in [5.74, 6) is -3.25. The molecule has 32 heavy (non-hydrogen) atoms. The summed E-state index contributed by atoms with van der Waals surface area (Å²) >= 11 is 0.911.